The molecule has 1 aromatic rings. The number of nitrogens with zero attached hydrogens (tertiary/aromatic N) is 3. The third-order valence-electron chi connectivity index (χ3n) is 2.83. The fraction of sp³-hybridized carbons (Fsp3) is 0.636. The van der Waals surface area contributed by atoms with Gasteiger partial charge in [0, 0.05) is 25.2 Å². The SMILES string of the molecule is Cc1nc(CCN)c2c(n1)CN(C)CC2. The molecule has 1 aromatic heterocycles. The van der Waals surface area contributed by atoms with Gasteiger partial charge in [-0.05, 0) is 32.5 Å². The van der Waals surface area contributed by atoms with Crippen molar-refractivity contribution in [3.8, 4) is 0 Å². The number of hydrogen-bond acceptors (Lipinski definition) is 4. The van der Waals surface area contributed by atoms with E-state index < -0.39 is 0 Å². The van der Waals surface area contributed by atoms with Gasteiger partial charge >= 0.3 is 0 Å². The van der Waals surface area contributed by atoms with Crippen LogP contribution in [0.15, 0.2) is 0 Å². The van der Waals surface area contributed by atoms with Gasteiger partial charge in [0.2, 0.25) is 0 Å². The van der Waals surface area contributed by atoms with Crippen molar-refractivity contribution < 1.29 is 0 Å². The lowest BCUT2D eigenvalue weighted by atomic mass is 10.0. The Kier molecular flexibility index (Phi) is 2.98. The molecule has 82 valence electrons. The fourth-order valence-corrected chi connectivity index (χ4v) is 2.12. The minimum Gasteiger partial charge on any atom is -0.330 e. The van der Waals surface area contributed by atoms with Gasteiger partial charge in [-0.25, -0.2) is 9.97 Å². The summed E-state index contributed by atoms with van der Waals surface area (Å²) in [4.78, 5) is 11.3. The number of fused-ring (bicyclic) bond motifs is 1. The number of hydrogen-bond donors (Lipinski definition) is 1. The molecule has 0 saturated carbocycles. The third kappa shape index (κ3) is 2.16. The molecule has 1 aliphatic heterocycles. The predicted octanol–water partition coefficient (Wildman–Crippen LogP) is 0.274. The van der Waals surface area contributed by atoms with E-state index >= 15 is 0 Å². The lowest BCUT2D eigenvalue weighted by Crippen LogP contribution is -2.29. The quantitative estimate of drug-likeness (QED) is 0.755. The summed E-state index contributed by atoms with van der Waals surface area (Å²) in [5, 5.41) is 0. The molecule has 2 heterocycles. The van der Waals surface area contributed by atoms with E-state index in [0.717, 1.165) is 37.4 Å². The topological polar surface area (TPSA) is 55.0 Å². The monoisotopic (exact) mass is 206 g/mol. The van der Waals surface area contributed by atoms with Crippen LogP contribution < -0.4 is 5.73 Å². The Morgan fingerprint density at radius 3 is 2.93 bits per heavy atom. The van der Waals surface area contributed by atoms with Crippen LogP contribution in [0.2, 0.25) is 0 Å². The Morgan fingerprint density at radius 1 is 1.40 bits per heavy atom. The van der Waals surface area contributed by atoms with E-state index in [-0.39, 0.29) is 0 Å². The molecule has 0 fully saturated rings. The summed E-state index contributed by atoms with van der Waals surface area (Å²) in [5.41, 5.74) is 9.29. The van der Waals surface area contributed by atoms with E-state index in [9.17, 15) is 0 Å². The second-order valence-corrected chi connectivity index (χ2v) is 4.17. The van der Waals surface area contributed by atoms with Gasteiger partial charge in [0.15, 0.2) is 0 Å². The summed E-state index contributed by atoms with van der Waals surface area (Å²) in [6.45, 7) is 4.65. The van der Waals surface area contributed by atoms with E-state index in [2.05, 4.69) is 21.9 Å². The maximum Gasteiger partial charge on any atom is 0.125 e. The van der Waals surface area contributed by atoms with Crippen LogP contribution in [0.1, 0.15) is 22.8 Å². The molecule has 4 nitrogen and oxygen atoms in total. The van der Waals surface area contributed by atoms with Crippen LogP contribution in [0.4, 0.5) is 0 Å². The number of aromatic nitrogens is 2. The molecule has 0 spiro atoms. The van der Waals surface area contributed by atoms with Crippen molar-refractivity contribution in [3.63, 3.8) is 0 Å². The Bertz CT molecular complexity index is 345. The van der Waals surface area contributed by atoms with Crippen molar-refractivity contribution in [2.24, 2.45) is 5.73 Å². The molecule has 0 bridgehead atoms. The molecular formula is C11H18N4. The zero-order valence-electron chi connectivity index (χ0n) is 9.45. The van der Waals surface area contributed by atoms with E-state index in [1.54, 1.807) is 0 Å². The molecule has 0 unspecified atom stereocenters. The molecule has 0 aromatic carbocycles. The molecule has 4 heteroatoms. The Labute approximate surface area is 90.5 Å². The molecule has 1 aliphatic rings. The maximum absolute atomic E-state index is 5.60. The Hall–Kier alpha value is -1.00. The third-order valence-corrected chi connectivity index (χ3v) is 2.83. The highest BCUT2D eigenvalue weighted by Gasteiger charge is 2.18. The molecule has 2 rings (SSSR count). The summed E-state index contributed by atoms with van der Waals surface area (Å²) < 4.78 is 0. The Morgan fingerprint density at radius 2 is 2.20 bits per heavy atom. The first-order valence-electron chi connectivity index (χ1n) is 5.44. The van der Waals surface area contributed by atoms with Crippen molar-refractivity contribution in [2.75, 3.05) is 20.1 Å². The summed E-state index contributed by atoms with van der Waals surface area (Å²) in [5.74, 6) is 0.868. The highest BCUT2D eigenvalue weighted by Crippen LogP contribution is 2.19. The molecule has 15 heavy (non-hydrogen) atoms. The van der Waals surface area contributed by atoms with Crippen molar-refractivity contribution in [1.82, 2.24) is 14.9 Å². The number of nitrogens with two attached hydrogens (primary N) is 1. The van der Waals surface area contributed by atoms with Crippen LogP contribution in [0.3, 0.4) is 0 Å². The second-order valence-electron chi connectivity index (χ2n) is 4.17. The first kappa shape index (κ1) is 10.5. The number of rotatable bonds is 2. The normalized spacial score (nSPS) is 16.5. The maximum atomic E-state index is 5.60. The Balaban J connectivity index is 2.39. The summed E-state index contributed by atoms with van der Waals surface area (Å²) >= 11 is 0. The van der Waals surface area contributed by atoms with Crippen LogP contribution in [0.25, 0.3) is 0 Å². The van der Waals surface area contributed by atoms with Crippen LogP contribution in [-0.2, 0) is 19.4 Å². The highest BCUT2D eigenvalue weighted by molar-refractivity contribution is 5.28. The van der Waals surface area contributed by atoms with Gasteiger partial charge in [-0.1, -0.05) is 0 Å². The van der Waals surface area contributed by atoms with Gasteiger partial charge in [-0.3, -0.25) is 0 Å². The van der Waals surface area contributed by atoms with Crippen molar-refractivity contribution >= 4 is 0 Å². The molecule has 0 radical (unpaired) electrons. The van der Waals surface area contributed by atoms with Crippen molar-refractivity contribution in [1.29, 1.82) is 0 Å². The standard InChI is InChI=1S/C11H18N4/c1-8-13-10(3-5-12)9-4-6-15(2)7-11(9)14-8/h3-7,12H2,1-2H3. The number of aryl methyl sites for hydroxylation is 1. The van der Waals surface area contributed by atoms with Crippen LogP contribution in [0.5, 0.6) is 0 Å². The molecule has 2 N–H and O–H groups in total. The van der Waals surface area contributed by atoms with Gasteiger partial charge in [0.1, 0.15) is 5.82 Å². The van der Waals surface area contributed by atoms with E-state index in [1.165, 1.54) is 11.3 Å². The zero-order chi connectivity index (χ0) is 10.8. The molecule has 0 saturated heterocycles. The lowest BCUT2D eigenvalue weighted by Gasteiger charge is -2.25. The summed E-state index contributed by atoms with van der Waals surface area (Å²) in [6, 6.07) is 0. The minimum absolute atomic E-state index is 0.665. The summed E-state index contributed by atoms with van der Waals surface area (Å²) in [6.07, 6.45) is 1.93. The van der Waals surface area contributed by atoms with Crippen LogP contribution in [0, 0.1) is 6.92 Å². The average molecular weight is 206 g/mol. The van der Waals surface area contributed by atoms with Crippen molar-refractivity contribution in [3.05, 3.63) is 22.8 Å². The van der Waals surface area contributed by atoms with Gasteiger partial charge < -0.3 is 10.6 Å². The molecule has 0 aliphatic carbocycles. The fourth-order valence-electron chi connectivity index (χ4n) is 2.12. The van der Waals surface area contributed by atoms with Gasteiger partial charge in [-0.2, -0.15) is 0 Å². The first-order chi connectivity index (χ1) is 7.20. The molecular weight excluding hydrogens is 188 g/mol. The van der Waals surface area contributed by atoms with E-state index in [0.29, 0.717) is 6.54 Å². The van der Waals surface area contributed by atoms with Gasteiger partial charge in [0.05, 0.1) is 5.69 Å². The molecule has 0 atom stereocenters. The van der Waals surface area contributed by atoms with E-state index in [1.807, 2.05) is 6.92 Å². The highest BCUT2D eigenvalue weighted by atomic mass is 15.1. The zero-order valence-corrected chi connectivity index (χ0v) is 9.45. The average Bonchev–Trinajstić information content (AvgIpc) is 2.17. The largest absolute Gasteiger partial charge is 0.330 e. The van der Waals surface area contributed by atoms with Crippen molar-refractivity contribution in [2.45, 2.75) is 26.3 Å². The summed E-state index contributed by atoms with van der Waals surface area (Å²) in [7, 11) is 2.13. The first-order valence-corrected chi connectivity index (χ1v) is 5.44. The van der Waals surface area contributed by atoms with E-state index in [4.69, 9.17) is 5.73 Å². The predicted molar refractivity (Wildman–Crippen MR) is 59.6 cm³/mol. The van der Waals surface area contributed by atoms with Gasteiger partial charge in [-0.15, -0.1) is 0 Å². The molecule has 0 amide bonds. The van der Waals surface area contributed by atoms with Crippen LogP contribution >= 0.6 is 0 Å². The van der Waals surface area contributed by atoms with Crippen LogP contribution in [-0.4, -0.2) is 35.0 Å². The van der Waals surface area contributed by atoms with Gasteiger partial charge in [0.25, 0.3) is 0 Å². The minimum atomic E-state index is 0.665. The number of likely N-dealkylation sites (N-methyl/N-ethyl adjacent to an activating group) is 1. The second kappa shape index (κ2) is 4.24. The lowest BCUT2D eigenvalue weighted by molar-refractivity contribution is 0.305. The smallest absolute Gasteiger partial charge is 0.125 e.